The minimum absolute atomic E-state index is 0.0299. The number of halogens is 1. The van der Waals surface area contributed by atoms with Crippen LogP contribution in [0.1, 0.15) is 25.3 Å². The van der Waals surface area contributed by atoms with Crippen molar-refractivity contribution in [3.63, 3.8) is 0 Å². The number of sulfonamides is 1. The predicted octanol–water partition coefficient (Wildman–Crippen LogP) is 1.59. The Balaban J connectivity index is 2.19. The molecule has 0 spiro atoms. The molecule has 1 heterocycles. The van der Waals surface area contributed by atoms with Crippen LogP contribution in [0.2, 0.25) is 5.02 Å². The average molecular weight is 333 g/mol. The first kappa shape index (κ1) is 16.7. The summed E-state index contributed by atoms with van der Waals surface area (Å²) in [4.78, 5) is 2.24. The molecule has 1 fully saturated rings. The molecule has 1 aliphatic heterocycles. The largest absolute Gasteiger partial charge is 0.392 e. The number of nitrogens with one attached hydrogen (secondary N) is 1. The van der Waals surface area contributed by atoms with Gasteiger partial charge in [-0.15, -0.1) is 0 Å². The van der Waals surface area contributed by atoms with E-state index in [9.17, 15) is 8.42 Å². The van der Waals surface area contributed by atoms with Crippen LogP contribution in [0.15, 0.2) is 23.1 Å². The molecular weight excluding hydrogens is 312 g/mol. The number of hydrogen-bond acceptors (Lipinski definition) is 4. The number of hydrogen-bond donors (Lipinski definition) is 2. The van der Waals surface area contributed by atoms with E-state index in [0.717, 1.165) is 19.4 Å². The number of benzene rings is 1. The quantitative estimate of drug-likeness (QED) is 0.878. The van der Waals surface area contributed by atoms with Gasteiger partial charge in [-0.25, -0.2) is 13.1 Å². The predicted molar refractivity (Wildman–Crippen MR) is 82.8 cm³/mol. The molecule has 1 aliphatic rings. The highest BCUT2D eigenvalue weighted by molar-refractivity contribution is 7.89. The zero-order chi connectivity index (χ0) is 15.6. The lowest BCUT2D eigenvalue weighted by molar-refractivity contribution is 0.178. The van der Waals surface area contributed by atoms with Crippen molar-refractivity contribution in [3.8, 4) is 0 Å². The van der Waals surface area contributed by atoms with Crippen molar-refractivity contribution < 1.29 is 13.5 Å². The minimum atomic E-state index is -3.68. The molecule has 0 aromatic heterocycles. The Bertz CT molecular complexity index is 606. The van der Waals surface area contributed by atoms with E-state index in [-0.39, 0.29) is 22.6 Å². The molecule has 5 nitrogen and oxygen atoms in total. The van der Waals surface area contributed by atoms with Gasteiger partial charge in [0.2, 0.25) is 10.0 Å². The molecule has 2 rings (SSSR count). The highest BCUT2D eigenvalue weighted by atomic mass is 35.5. The summed E-state index contributed by atoms with van der Waals surface area (Å²) < 4.78 is 27.7. The lowest BCUT2D eigenvalue weighted by Crippen LogP contribution is -2.47. The van der Waals surface area contributed by atoms with E-state index in [1.807, 2.05) is 7.05 Å². The van der Waals surface area contributed by atoms with Gasteiger partial charge in [-0.05, 0) is 51.1 Å². The molecule has 0 radical (unpaired) electrons. The summed E-state index contributed by atoms with van der Waals surface area (Å²) >= 11 is 6.00. The Hall–Kier alpha value is -0.660. The monoisotopic (exact) mass is 332 g/mol. The summed E-state index contributed by atoms with van der Waals surface area (Å²) in [7, 11) is -1.64. The minimum Gasteiger partial charge on any atom is -0.392 e. The van der Waals surface area contributed by atoms with Crippen molar-refractivity contribution in [2.24, 2.45) is 0 Å². The molecule has 2 N–H and O–H groups in total. The Morgan fingerprint density at radius 2 is 2.19 bits per heavy atom. The standard InChI is InChI=1S/C14H21ClN2O3S/c1-10-7-12(5-6-17(10)2)16-21(19,20)14-8-11(9-18)3-4-13(14)15/h3-4,8,10,12,16,18H,5-7,9H2,1-2H3. The summed E-state index contributed by atoms with van der Waals surface area (Å²) in [6, 6.07) is 4.78. The van der Waals surface area contributed by atoms with Crippen molar-refractivity contribution in [1.29, 1.82) is 0 Å². The molecule has 1 aromatic carbocycles. The molecule has 2 atom stereocenters. The van der Waals surface area contributed by atoms with Crippen LogP contribution in [0.5, 0.6) is 0 Å². The maximum Gasteiger partial charge on any atom is 0.242 e. The van der Waals surface area contributed by atoms with E-state index >= 15 is 0 Å². The highest BCUT2D eigenvalue weighted by Crippen LogP contribution is 2.24. The summed E-state index contributed by atoms with van der Waals surface area (Å²) in [5.41, 5.74) is 0.525. The number of piperidine rings is 1. The van der Waals surface area contributed by atoms with Gasteiger partial charge in [-0.1, -0.05) is 17.7 Å². The van der Waals surface area contributed by atoms with Gasteiger partial charge in [-0.2, -0.15) is 0 Å². The summed E-state index contributed by atoms with van der Waals surface area (Å²) in [5.74, 6) is 0. The van der Waals surface area contributed by atoms with Crippen molar-refractivity contribution in [3.05, 3.63) is 28.8 Å². The van der Waals surface area contributed by atoms with Crippen LogP contribution in [0, 0.1) is 0 Å². The molecule has 0 aliphatic carbocycles. The third-order valence-corrected chi connectivity index (χ3v) is 6.00. The maximum absolute atomic E-state index is 12.5. The molecule has 1 aromatic rings. The molecule has 7 heteroatoms. The van der Waals surface area contributed by atoms with E-state index in [0.29, 0.717) is 11.6 Å². The second-order valence-corrected chi connectivity index (χ2v) is 7.68. The molecule has 118 valence electrons. The first-order chi connectivity index (χ1) is 9.83. The maximum atomic E-state index is 12.5. The summed E-state index contributed by atoms with van der Waals surface area (Å²) in [6.07, 6.45) is 1.55. The van der Waals surface area contributed by atoms with Crippen molar-refractivity contribution in [2.75, 3.05) is 13.6 Å². The van der Waals surface area contributed by atoms with Crippen LogP contribution in [-0.4, -0.2) is 44.1 Å². The van der Waals surface area contributed by atoms with Crippen LogP contribution in [0.4, 0.5) is 0 Å². The van der Waals surface area contributed by atoms with Crippen LogP contribution < -0.4 is 4.72 Å². The fourth-order valence-electron chi connectivity index (χ4n) is 2.53. The average Bonchev–Trinajstić information content (AvgIpc) is 2.43. The van der Waals surface area contributed by atoms with E-state index in [1.54, 1.807) is 6.07 Å². The van der Waals surface area contributed by atoms with Gasteiger partial charge in [0.25, 0.3) is 0 Å². The summed E-state index contributed by atoms with van der Waals surface area (Å²) in [6.45, 7) is 2.73. The SMILES string of the molecule is CC1CC(NS(=O)(=O)c2cc(CO)ccc2Cl)CCN1C. The van der Waals surface area contributed by atoms with Gasteiger partial charge in [-0.3, -0.25) is 0 Å². The second kappa shape index (κ2) is 6.62. The fourth-order valence-corrected chi connectivity index (χ4v) is 4.36. The zero-order valence-corrected chi connectivity index (χ0v) is 13.8. The number of nitrogens with zero attached hydrogens (tertiary/aromatic N) is 1. The van der Waals surface area contributed by atoms with Gasteiger partial charge in [0.15, 0.2) is 0 Å². The number of aliphatic hydroxyl groups excluding tert-OH is 1. The smallest absolute Gasteiger partial charge is 0.242 e. The van der Waals surface area contributed by atoms with E-state index in [2.05, 4.69) is 16.5 Å². The normalized spacial score (nSPS) is 24.2. The number of aliphatic hydroxyl groups is 1. The molecule has 2 unspecified atom stereocenters. The van der Waals surface area contributed by atoms with Gasteiger partial charge in [0.05, 0.1) is 11.6 Å². The second-order valence-electron chi connectivity index (χ2n) is 5.60. The number of rotatable bonds is 4. The van der Waals surface area contributed by atoms with Crippen LogP contribution in [-0.2, 0) is 16.6 Å². The third-order valence-electron chi connectivity index (χ3n) is 4.00. The Morgan fingerprint density at radius 1 is 1.48 bits per heavy atom. The first-order valence-corrected chi connectivity index (χ1v) is 8.81. The van der Waals surface area contributed by atoms with Gasteiger partial charge in [0, 0.05) is 12.1 Å². The molecule has 0 saturated carbocycles. The van der Waals surface area contributed by atoms with E-state index < -0.39 is 10.0 Å². The Morgan fingerprint density at radius 3 is 2.81 bits per heavy atom. The fraction of sp³-hybridized carbons (Fsp3) is 0.571. The van der Waals surface area contributed by atoms with Gasteiger partial charge < -0.3 is 10.0 Å². The van der Waals surface area contributed by atoms with E-state index in [4.69, 9.17) is 16.7 Å². The first-order valence-electron chi connectivity index (χ1n) is 6.95. The molecule has 1 saturated heterocycles. The van der Waals surface area contributed by atoms with Crippen molar-refractivity contribution in [2.45, 2.75) is 43.4 Å². The Labute approximate surface area is 131 Å². The molecule has 21 heavy (non-hydrogen) atoms. The zero-order valence-electron chi connectivity index (χ0n) is 12.2. The van der Waals surface area contributed by atoms with Crippen LogP contribution in [0.3, 0.4) is 0 Å². The lowest BCUT2D eigenvalue weighted by Gasteiger charge is -2.35. The van der Waals surface area contributed by atoms with Crippen molar-refractivity contribution >= 4 is 21.6 Å². The van der Waals surface area contributed by atoms with Gasteiger partial charge in [0.1, 0.15) is 4.90 Å². The molecule has 0 amide bonds. The molecular formula is C14H21ClN2O3S. The number of likely N-dealkylation sites (tertiary alicyclic amines) is 1. The van der Waals surface area contributed by atoms with E-state index in [1.165, 1.54) is 12.1 Å². The van der Waals surface area contributed by atoms with Crippen LogP contribution in [0.25, 0.3) is 0 Å². The molecule has 0 bridgehead atoms. The van der Waals surface area contributed by atoms with Gasteiger partial charge >= 0.3 is 0 Å². The highest BCUT2D eigenvalue weighted by Gasteiger charge is 2.28. The third kappa shape index (κ3) is 3.96. The Kier molecular flexibility index (Phi) is 5.27. The van der Waals surface area contributed by atoms with Crippen molar-refractivity contribution in [1.82, 2.24) is 9.62 Å². The topological polar surface area (TPSA) is 69.6 Å². The lowest BCUT2D eigenvalue weighted by atomic mass is 10.0. The summed E-state index contributed by atoms with van der Waals surface area (Å²) in [5, 5.41) is 9.31. The van der Waals surface area contributed by atoms with Crippen LogP contribution >= 0.6 is 11.6 Å².